The molecule has 2 aromatic carbocycles. The van der Waals surface area contributed by atoms with Crippen molar-refractivity contribution in [3.8, 4) is 0 Å². The van der Waals surface area contributed by atoms with Crippen LogP contribution < -0.4 is 17.2 Å². The van der Waals surface area contributed by atoms with Crippen molar-refractivity contribution in [1.82, 2.24) is 0 Å². The second-order valence-electron chi connectivity index (χ2n) is 6.06. The molecule has 0 aliphatic heterocycles. The first-order chi connectivity index (χ1) is 16.0. The number of carbonyl (C=O) groups excluding carboxylic acids is 1. The minimum absolute atomic E-state index is 0.259. The standard InChI is InChI=1S/C8H6F2N2O.C8H8FN.C4H10FNO.C2H4N2/c9-5-3-1-2-4(8(12)13)6(5)7(10)11;1-6(10)7-2-4-8(9)5-3-7;5-4(3-7)1-2-6;3-1-2-4/h1-3,11H,(H2,12,13);2-5H,1,10H2;4,7H,1-3,6H2;1-4H. The number of amides is 1. The molecule has 0 saturated carbocycles. The van der Waals surface area contributed by atoms with Crippen molar-refractivity contribution >= 4 is 30.0 Å². The lowest BCUT2D eigenvalue weighted by atomic mass is 10.1. The van der Waals surface area contributed by atoms with Gasteiger partial charge in [0.2, 0.25) is 11.9 Å². The van der Waals surface area contributed by atoms with Crippen LogP contribution in [0.5, 0.6) is 0 Å². The van der Waals surface area contributed by atoms with Gasteiger partial charge >= 0.3 is 0 Å². The van der Waals surface area contributed by atoms with E-state index < -0.39 is 36.0 Å². The van der Waals surface area contributed by atoms with Gasteiger partial charge in [-0.25, -0.2) is 13.2 Å². The van der Waals surface area contributed by atoms with Crippen LogP contribution in [0.25, 0.3) is 5.70 Å². The molecule has 2 aromatic rings. The van der Waals surface area contributed by atoms with E-state index in [0.717, 1.165) is 30.1 Å². The third-order valence-electron chi connectivity index (χ3n) is 3.47. The molecule has 0 heterocycles. The van der Waals surface area contributed by atoms with E-state index >= 15 is 0 Å². The normalized spacial score (nSPS) is 9.94. The summed E-state index contributed by atoms with van der Waals surface area (Å²) in [5.41, 5.74) is 15.4. The highest BCUT2D eigenvalue weighted by atomic mass is 19.1. The lowest BCUT2D eigenvalue weighted by Crippen LogP contribution is -2.16. The van der Waals surface area contributed by atoms with Gasteiger partial charge in [-0.15, -0.1) is 0 Å². The Kier molecular flexibility index (Phi) is 17.7. The largest absolute Gasteiger partial charge is 0.399 e. The number of rotatable bonds is 7. The fourth-order valence-corrected chi connectivity index (χ4v) is 1.89. The number of alkyl halides is 1. The number of nitrogens with two attached hydrogens (primary N) is 3. The number of nitrogens with one attached hydrogen (secondary N) is 3. The zero-order valence-electron chi connectivity index (χ0n) is 18.2. The van der Waals surface area contributed by atoms with Gasteiger partial charge in [0.25, 0.3) is 0 Å². The van der Waals surface area contributed by atoms with E-state index in [4.69, 9.17) is 38.5 Å². The SMILES string of the molecule is C=C(N)c1ccc(F)cc1.N=C(F)c1c(F)cccc1C(N)=O.N=CC=N.NCCC(F)CO. The van der Waals surface area contributed by atoms with Gasteiger partial charge in [0.1, 0.15) is 17.8 Å². The molecule has 186 valence electrons. The second-order valence-corrected chi connectivity index (χ2v) is 6.06. The minimum atomic E-state index is -1.51. The first-order valence-corrected chi connectivity index (χ1v) is 9.44. The summed E-state index contributed by atoms with van der Waals surface area (Å²) < 4.78 is 49.4. The molecule has 10 N–H and O–H groups in total. The van der Waals surface area contributed by atoms with Crippen LogP contribution in [0, 0.1) is 27.9 Å². The van der Waals surface area contributed by atoms with Gasteiger partial charge in [-0.05, 0) is 42.8 Å². The maximum Gasteiger partial charge on any atom is 0.249 e. The maximum atomic E-state index is 12.9. The Bertz CT molecular complexity index is 933. The summed E-state index contributed by atoms with van der Waals surface area (Å²) in [4.78, 5) is 10.7. The van der Waals surface area contributed by atoms with E-state index in [2.05, 4.69) is 6.58 Å². The summed E-state index contributed by atoms with van der Waals surface area (Å²) >= 11 is 0. The molecule has 0 saturated heterocycles. The van der Waals surface area contributed by atoms with Gasteiger partial charge in [0.15, 0.2) is 0 Å². The number of hydrogen-bond acceptors (Lipinski definition) is 7. The van der Waals surface area contributed by atoms with Crippen molar-refractivity contribution in [2.45, 2.75) is 12.6 Å². The number of aliphatic hydroxyl groups excluding tert-OH is 1. The van der Waals surface area contributed by atoms with Crippen LogP contribution in [0.15, 0.2) is 49.0 Å². The van der Waals surface area contributed by atoms with Crippen LogP contribution in [0.4, 0.5) is 17.6 Å². The lowest BCUT2D eigenvalue weighted by Gasteiger charge is -2.02. The van der Waals surface area contributed by atoms with Crippen molar-refractivity contribution in [2.75, 3.05) is 13.2 Å². The Morgan fingerprint density at radius 2 is 1.62 bits per heavy atom. The van der Waals surface area contributed by atoms with Gasteiger partial charge < -0.3 is 33.1 Å². The van der Waals surface area contributed by atoms with Crippen LogP contribution >= 0.6 is 0 Å². The summed E-state index contributed by atoms with van der Waals surface area (Å²) in [6, 6.07) is 9.24. The van der Waals surface area contributed by atoms with Crippen LogP contribution in [-0.4, -0.2) is 48.7 Å². The fourth-order valence-electron chi connectivity index (χ4n) is 1.89. The van der Waals surface area contributed by atoms with Crippen LogP contribution in [0.1, 0.15) is 27.9 Å². The van der Waals surface area contributed by atoms with Gasteiger partial charge in [-0.3, -0.25) is 10.2 Å². The molecule has 1 unspecified atom stereocenters. The third kappa shape index (κ3) is 14.2. The Labute approximate surface area is 194 Å². The molecule has 2 rings (SSSR count). The van der Waals surface area contributed by atoms with Crippen LogP contribution in [0.2, 0.25) is 0 Å². The molecule has 0 bridgehead atoms. The molecule has 34 heavy (non-hydrogen) atoms. The first kappa shape index (κ1) is 32.3. The molecule has 0 fully saturated rings. The molecule has 0 radical (unpaired) electrons. The van der Waals surface area contributed by atoms with Crippen LogP contribution in [0.3, 0.4) is 0 Å². The quantitative estimate of drug-likeness (QED) is 0.235. The number of primary amides is 1. The summed E-state index contributed by atoms with van der Waals surface area (Å²) in [5.74, 6) is -3.70. The number of carbonyl (C=O) groups is 1. The highest BCUT2D eigenvalue weighted by Gasteiger charge is 2.16. The zero-order chi connectivity index (χ0) is 26.7. The Morgan fingerprint density at radius 3 is 1.91 bits per heavy atom. The molecule has 12 heteroatoms. The Balaban J connectivity index is 0. The molecule has 0 aliphatic carbocycles. The molecular formula is C22H28F4N6O2. The third-order valence-corrected chi connectivity index (χ3v) is 3.47. The second kappa shape index (κ2) is 18.7. The fraction of sp³-hybridized carbons (Fsp3) is 0.182. The van der Waals surface area contributed by atoms with Crippen molar-refractivity contribution in [3.63, 3.8) is 0 Å². The molecular weight excluding hydrogens is 456 g/mol. The smallest absolute Gasteiger partial charge is 0.249 e. The maximum absolute atomic E-state index is 12.9. The highest BCUT2D eigenvalue weighted by molar-refractivity contribution is 6.12. The van der Waals surface area contributed by atoms with Crippen molar-refractivity contribution < 1.29 is 27.5 Å². The highest BCUT2D eigenvalue weighted by Crippen LogP contribution is 2.14. The lowest BCUT2D eigenvalue weighted by molar-refractivity contribution is 0.0999. The summed E-state index contributed by atoms with van der Waals surface area (Å²) in [7, 11) is 0. The van der Waals surface area contributed by atoms with E-state index in [1.807, 2.05) is 0 Å². The predicted octanol–water partition coefficient (Wildman–Crippen LogP) is 2.93. The van der Waals surface area contributed by atoms with Crippen molar-refractivity contribution in [2.24, 2.45) is 17.2 Å². The van der Waals surface area contributed by atoms with Crippen molar-refractivity contribution in [1.29, 1.82) is 16.2 Å². The van der Waals surface area contributed by atoms with Gasteiger partial charge in [0, 0.05) is 18.1 Å². The van der Waals surface area contributed by atoms with E-state index in [1.165, 1.54) is 18.2 Å². The summed E-state index contributed by atoms with van der Waals surface area (Å²) in [6.07, 6.45) is 0.973. The first-order valence-electron chi connectivity index (χ1n) is 9.44. The Hall–Kier alpha value is -3.90. The molecule has 0 aliphatic rings. The summed E-state index contributed by atoms with van der Waals surface area (Å²) in [5, 5.41) is 26.8. The number of aliphatic hydroxyl groups is 1. The van der Waals surface area contributed by atoms with E-state index in [9.17, 15) is 22.4 Å². The predicted molar refractivity (Wildman–Crippen MR) is 126 cm³/mol. The molecule has 0 aromatic heterocycles. The topological polar surface area (TPSA) is 187 Å². The van der Waals surface area contributed by atoms with E-state index in [1.54, 1.807) is 12.1 Å². The number of benzene rings is 2. The molecule has 1 atom stereocenters. The number of hydrogen-bond donors (Lipinski definition) is 7. The molecule has 8 nitrogen and oxygen atoms in total. The van der Waals surface area contributed by atoms with Crippen LogP contribution in [-0.2, 0) is 0 Å². The number of halogens is 4. The molecule has 0 spiro atoms. The molecule has 1 amide bonds. The summed E-state index contributed by atoms with van der Waals surface area (Å²) in [6.45, 7) is 3.41. The van der Waals surface area contributed by atoms with E-state index in [0.29, 0.717) is 12.2 Å². The van der Waals surface area contributed by atoms with Gasteiger partial charge in [0.05, 0.1) is 17.7 Å². The van der Waals surface area contributed by atoms with Gasteiger partial charge in [-0.1, -0.05) is 24.8 Å². The Morgan fingerprint density at radius 1 is 1.09 bits per heavy atom. The average Bonchev–Trinajstić information content (AvgIpc) is 2.80. The average molecular weight is 484 g/mol. The van der Waals surface area contributed by atoms with Gasteiger partial charge in [-0.2, -0.15) is 4.39 Å². The monoisotopic (exact) mass is 484 g/mol. The zero-order valence-corrected chi connectivity index (χ0v) is 18.2. The minimum Gasteiger partial charge on any atom is -0.399 e. The van der Waals surface area contributed by atoms with E-state index in [-0.39, 0.29) is 17.8 Å². The van der Waals surface area contributed by atoms with Crippen molar-refractivity contribution in [3.05, 3.63) is 77.4 Å².